The number of piperidine rings is 3. The van der Waals surface area contributed by atoms with Gasteiger partial charge < -0.3 is 5.73 Å². The minimum atomic E-state index is 0.118. The van der Waals surface area contributed by atoms with Crippen LogP contribution in [-0.2, 0) is 0 Å². The number of halogens is 1. The zero-order chi connectivity index (χ0) is 7.14. The second-order valence-corrected chi connectivity index (χ2v) is 3.77. The smallest absolute Gasteiger partial charge is 0.101 e. The van der Waals surface area contributed by atoms with E-state index in [1.807, 2.05) is 0 Å². The van der Waals surface area contributed by atoms with Gasteiger partial charge in [-0.2, -0.15) is 0 Å². The predicted molar refractivity (Wildman–Crippen MR) is 41.9 cm³/mol. The first-order valence-corrected chi connectivity index (χ1v) is 4.36. The molecule has 3 saturated heterocycles. The van der Waals surface area contributed by atoms with Gasteiger partial charge in [-0.1, -0.05) is 0 Å². The number of alkyl halides is 1. The Hall–Kier alpha value is 0.210. The van der Waals surface area contributed by atoms with Gasteiger partial charge >= 0.3 is 0 Å². The molecule has 0 aromatic carbocycles. The van der Waals surface area contributed by atoms with E-state index in [0.29, 0.717) is 5.92 Å². The third kappa shape index (κ3) is 0.865. The van der Waals surface area contributed by atoms with Crippen LogP contribution in [0.3, 0.4) is 0 Å². The molecule has 2 atom stereocenters. The van der Waals surface area contributed by atoms with Crippen molar-refractivity contribution in [3.8, 4) is 0 Å². The number of rotatable bonds is 0. The van der Waals surface area contributed by atoms with Crippen LogP contribution in [0, 0.1) is 5.92 Å². The molecule has 0 radical (unpaired) electrons. The summed E-state index contributed by atoms with van der Waals surface area (Å²) in [5, 5.41) is 0. The first-order valence-electron chi connectivity index (χ1n) is 3.93. The zero-order valence-corrected chi connectivity index (χ0v) is 6.72. The maximum atomic E-state index is 6.06. The summed E-state index contributed by atoms with van der Waals surface area (Å²) < 4.78 is 0. The topological polar surface area (TPSA) is 29.3 Å². The SMILES string of the molecule is NC1C2CCN(CC2)C1Cl. The fraction of sp³-hybridized carbons (Fsp3) is 1.00. The summed E-state index contributed by atoms with van der Waals surface area (Å²) in [6, 6.07) is 0.226. The van der Waals surface area contributed by atoms with Crippen LogP contribution in [0.15, 0.2) is 0 Å². The molecular weight excluding hydrogens is 148 g/mol. The van der Waals surface area contributed by atoms with Crippen molar-refractivity contribution in [2.45, 2.75) is 24.4 Å². The molecule has 0 saturated carbocycles. The molecule has 2 nitrogen and oxygen atoms in total. The summed E-state index contributed by atoms with van der Waals surface area (Å²) in [7, 11) is 0. The van der Waals surface area contributed by atoms with E-state index >= 15 is 0 Å². The van der Waals surface area contributed by atoms with Crippen molar-refractivity contribution < 1.29 is 0 Å². The van der Waals surface area contributed by atoms with E-state index in [-0.39, 0.29) is 11.5 Å². The lowest BCUT2D eigenvalue weighted by Crippen LogP contribution is -2.58. The van der Waals surface area contributed by atoms with Gasteiger partial charge in [-0.25, -0.2) is 0 Å². The first-order chi connectivity index (χ1) is 4.79. The van der Waals surface area contributed by atoms with E-state index in [2.05, 4.69) is 4.90 Å². The molecule has 2 N–H and O–H groups in total. The molecule has 0 spiro atoms. The van der Waals surface area contributed by atoms with Gasteiger partial charge in [-0.3, -0.25) is 4.90 Å². The molecule has 0 amide bonds. The summed E-state index contributed by atoms with van der Waals surface area (Å²) in [6.45, 7) is 2.32. The second kappa shape index (κ2) is 2.36. The Kier molecular flexibility index (Phi) is 1.63. The Labute approximate surface area is 66.3 Å². The molecule has 58 valence electrons. The largest absolute Gasteiger partial charge is 0.325 e. The van der Waals surface area contributed by atoms with Crippen molar-refractivity contribution in [2.75, 3.05) is 13.1 Å². The van der Waals surface area contributed by atoms with E-state index in [1.165, 1.54) is 12.8 Å². The lowest BCUT2D eigenvalue weighted by Gasteiger charge is -2.46. The van der Waals surface area contributed by atoms with Crippen LogP contribution in [0.1, 0.15) is 12.8 Å². The van der Waals surface area contributed by atoms with Gasteiger partial charge in [0.05, 0.1) is 0 Å². The summed E-state index contributed by atoms with van der Waals surface area (Å²) >= 11 is 6.06. The minimum Gasteiger partial charge on any atom is -0.325 e. The highest BCUT2D eigenvalue weighted by Gasteiger charge is 2.38. The Bertz CT molecular complexity index is 112. The van der Waals surface area contributed by atoms with Gasteiger partial charge in [-0.15, -0.1) is 11.6 Å². The molecule has 10 heavy (non-hydrogen) atoms. The summed E-state index contributed by atoms with van der Waals surface area (Å²) in [4.78, 5) is 2.28. The van der Waals surface area contributed by atoms with Crippen LogP contribution >= 0.6 is 11.6 Å². The maximum Gasteiger partial charge on any atom is 0.101 e. The average molecular weight is 161 g/mol. The minimum absolute atomic E-state index is 0.118. The number of hydrogen-bond donors (Lipinski definition) is 1. The molecule has 0 aromatic heterocycles. The predicted octanol–water partition coefficient (Wildman–Crippen LogP) is 0.604. The number of hydrogen-bond acceptors (Lipinski definition) is 2. The van der Waals surface area contributed by atoms with E-state index in [1.54, 1.807) is 0 Å². The zero-order valence-electron chi connectivity index (χ0n) is 5.96. The van der Waals surface area contributed by atoms with Crippen LogP contribution in [0.25, 0.3) is 0 Å². The third-order valence-corrected chi connectivity index (χ3v) is 3.35. The van der Waals surface area contributed by atoms with Crippen LogP contribution < -0.4 is 5.73 Å². The summed E-state index contributed by atoms with van der Waals surface area (Å²) in [6.07, 6.45) is 2.51. The van der Waals surface area contributed by atoms with Crippen LogP contribution in [0.4, 0.5) is 0 Å². The Morgan fingerprint density at radius 3 is 2.20 bits per heavy atom. The third-order valence-electron chi connectivity index (χ3n) is 2.78. The van der Waals surface area contributed by atoms with Gasteiger partial charge in [0.15, 0.2) is 0 Å². The van der Waals surface area contributed by atoms with E-state index in [4.69, 9.17) is 17.3 Å². The molecular formula is C7H13ClN2. The molecule has 3 heterocycles. The fourth-order valence-corrected chi connectivity index (χ4v) is 2.42. The Morgan fingerprint density at radius 2 is 1.90 bits per heavy atom. The number of nitrogens with two attached hydrogens (primary N) is 1. The normalized spacial score (nSPS) is 53.4. The highest BCUT2D eigenvalue weighted by atomic mass is 35.5. The van der Waals surface area contributed by atoms with Gasteiger partial charge in [0.1, 0.15) is 5.50 Å². The Balaban J connectivity index is 2.13. The van der Waals surface area contributed by atoms with Gasteiger partial charge in [0.2, 0.25) is 0 Å². The van der Waals surface area contributed by atoms with E-state index in [0.717, 1.165) is 13.1 Å². The standard InChI is InChI=1S/C7H13ClN2/c8-7-6(9)5-1-3-10(7)4-2-5/h5-7H,1-4,9H2. The average Bonchev–Trinajstić information content (AvgIpc) is 2.00. The maximum absolute atomic E-state index is 6.06. The summed E-state index contributed by atoms with van der Waals surface area (Å²) in [5.74, 6) is 0.701. The molecule has 3 aliphatic rings. The molecule has 3 rings (SSSR count). The summed E-state index contributed by atoms with van der Waals surface area (Å²) in [5.41, 5.74) is 6.01. The molecule has 0 aromatic rings. The quantitative estimate of drug-likeness (QED) is 0.416. The van der Waals surface area contributed by atoms with Crippen molar-refractivity contribution in [2.24, 2.45) is 11.7 Å². The molecule has 3 fully saturated rings. The monoisotopic (exact) mass is 160 g/mol. The lowest BCUT2D eigenvalue weighted by atomic mass is 9.84. The van der Waals surface area contributed by atoms with Crippen molar-refractivity contribution >= 4 is 11.6 Å². The molecule has 2 bridgehead atoms. The number of nitrogens with zero attached hydrogens (tertiary/aromatic N) is 1. The highest BCUT2D eigenvalue weighted by Crippen LogP contribution is 2.32. The van der Waals surface area contributed by atoms with Crippen LogP contribution in [0.5, 0.6) is 0 Å². The lowest BCUT2D eigenvalue weighted by molar-refractivity contribution is 0.0682. The molecule has 3 aliphatic heterocycles. The molecule has 0 aliphatic carbocycles. The van der Waals surface area contributed by atoms with Gasteiger partial charge in [-0.05, 0) is 31.8 Å². The van der Waals surface area contributed by atoms with Crippen molar-refractivity contribution in [1.82, 2.24) is 4.90 Å². The van der Waals surface area contributed by atoms with Crippen molar-refractivity contribution in [3.05, 3.63) is 0 Å². The van der Waals surface area contributed by atoms with Gasteiger partial charge in [0.25, 0.3) is 0 Å². The Morgan fingerprint density at radius 1 is 1.30 bits per heavy atom. The van der Waals surface area contributed by atoms with E-state index in [9.17, 15) is 0 Å². The van der Waals surface area contributed by atoms with Crippen LogP contribution in [0.2, 0.25) is 0 Å². The van der Waals surface area contributed by atoms with Gasteiger partial charge in [0, 0.05) is 6.04 Å². The van der Waals surface area contributed by atoms with Crippen molar-refractivity contribution in [1.29, 1.82) is 0 Å². The molecule has 2 unspecified atom stereocenters. The second-order valence-electron chi connectivity index (χ2n) is 3.32. The van der Waals surface area contributed by atoms with Crippen molar-refractivity contribution in [3.63, 3.8) is 0 Å². The fourth-order valence-electron chi connectivity index (χ4n) is 2.02. The van der Waals surface area contributed by atoms with E-state index < -0.39 is 0 Å². The first kappa shape index (κ1) is 6.89. The van der Waals surface area contributed by atoms with Crippen LogP contribution in [-0.4, -0.2) is 29.5 Å². The molecule has 3 heteroatoms. The highest BCUT2D eigenvalue weighted by molar-refractivity contribution is 6.20. The number of fused-ring (bicyclic) bond motifs is 3.